The van der Waals surface area contributed by atoms with Crippen molar-refractivity contribution >= 4 is 12.0 Å². The quantitative estimate of drug-likeness (QED) is 0.475. The van der Waals surface area contributed by atoms with Gasteiger partial charge in [0, 0.05) is 18.9 Å². The topological polar surface area (TPSA) is 66.0 Å². The van der Waals surface area contributed by atoms with E-state index in [9.17, 15) is 4.79 Å². The largest absolute Gasteiger partial charge is 0.477 e. The van der Waals surface area contributed by atoms with Crippen LogP contribution in [0.4, 0.5) is 0 Å². The van der Waals surface area contributed by atoms with Crippen LogP contribution in [-0.2, 0) is 11.3 Å². The van der Waals surface area contributed by atoms with Gasteiger partial charge in [0.25, 0.3) is 0 Å². The van der Waals surface area contributed by atoms with E-state index in [0.717, 1.165) is 24.9 Å². The first-order valence-electron chi connectivity index (χ1n) is 5.85. The lowest BCUT2D eigenvalue weighted by Gasteiger charge is -1.98. The van der Waals surface area contributed by atoms with Crippen molar-refractivity contribution in [1.82, 2.24) is 4.57 Å². The molecule has 0 saturated heterocycles. The van der Waals surface area contributed by atoms with Crippen LogP contribution in [0.3, 0.4) is 0 Å². The standard InChI is InChI=1S/C14H16N2O2/c1-2-3-8-16-9-7-12(11-16)5-4-6-13(10-15)14(17)18/h4-7,9,11H,2-3,8H2,1H3,(H,17,18). The number of aryl methyl sites for hydroxylation is 1. The number of allylic oxidation sites excluding steroid dienone is 2. The maximum Gasteiger partial charge on any atom is 0.346 e. The smallest absolute Gasteiger partial charge is 0.346 e. The maximum atomic E-state index is 10.6. The van der Waals surface area contributed by atoms with Gasteiger partial charge in [-0.2, -0.15) is 5.26 Å². The van der Waals surface area contributed by atoms with Crippen LogP contribution in [0.2, 0.25) is 0 Å². The number of rotatable bonds is 6. The molecule has 0 amide bonds. The number of hydrogen-bond acceptors (Lipinski definition) is 2. The third kappa shape index (κ3) is 4.30. The van der Waals surface area contributed by atoms with Crippen molar-refractivity contribution in [3.63, 3.8) is 0 Å². The Kier molecular flexibility index (Phi) is 5.46. The third-order valence-electron chi connectivity index (χ3n) is 2.45. The van der Waals surface area contributed by atoms with Crippen LogP contribution in [0.5, 0.6) is 0 Å². The van der Waals surface area contributed by atoms with Crippen molar-refractivity contribution in [2.24, 2.45) is 0 Å². The van der Waals surface area contributed by atoms with E-state index < -0.39 is 5.97 Å². The monoisotopic (exact) mass is 244 g/mol. The minimum Gasteiger partial charge on any atom is -0.477 e. The van der Waals surface area contributed by atoms with Crippen LogP contribution < -0.4 is 0 Å². The molecule has 1 N–H and O–H groups in total. The first-order valence-corrected chi connectivity index (χ1v) is 5.85. The van der Waals surface area contributed by atoms with Crippen LogP contribution in [0.25, 0.3) is 6.08 Å². The normalized spacial score (nSPS) is 11.7. The van der Waals surface area contributed by atoms with E-state index in [4.69, 9.17) is 10.4 Å². The number of carboxylic acids is 1. The summed E-state index contributed by atoms with van der Waals surface area (Å²) in [6.07, 6.45) is 10.9. The number of nitrogens with zero attached hydrogens (tertiary/aromatic N) is 2. The molecule has 4 heteroatoms. The van der Waals surface area contributed by atoms with E-state index in [2.05, 4.69) is 11.5 Å². The Hall–Kier alpha value is -2.28. The summed E-state index contributed by atoms with van der Waals surface area (Å²) in [7, 11) is 0. The Morgan fingerprint density at radius 1 is 1.61 bits per heavy atom. The van der Waals surface area contributed by atoms with Crippen LogP contribution >= 0.6 is 0 Å². The van der Waals surface area contributed by atoms with Crippen LogP contribution in [0, 0.1) is 11.3 Å². The summed E-state index contributed by atoms with van der Waals surface area (Å²) in [4.78, 5) is 10.6. The van der Waals surface area contributed by atoms with Gasteiger partial charge in [-0.05, 0) is 24.1 Å². The molecule has 94 valence electrons. The van der Waals surface area contributed by atoms with E-state index in [1.807, 2.05) is 18.5 Å². The molecule has 0 radical (unpaired) electrons. The number of aliphatic carboxylic acids is 1. The average Bonchev–Trinajstić information content (AvgIpc) is 2.79. The minimum absolute atomic E-state index is 0.267. The van der Waals surface area contributed by atoms with Gasteiger partial charge >= 0.3 is 5.97 Å². The summed E-state index contributed by atoms with van der Waals surface area (Å²) in [5.74, 6) is -1.21. The molecule has 0 aliphatic carbocycles. The van der Waals surface area contributed by atoms with Gasteiger partial charge in [-0.3, -0.25) is 0 Å². The second kappa shape index (κ2) is 7.13. The molecule has 0 bridgehead atoms. The van der Waals surface area contributed by atoms with Gasteiger partial charge in [0.2, 0.25) is 0 Å². The number of nitriles is 1. The molecule has 0 aromatic carbocycles. The molecule has 0 unspecified atom stereocenters. The first-order chi connectivity index (χ1) is 8.67. The summed E-state index contributed by atoms with van der Waals surface area (Å²) in [5, 5.41) is 17.2. The van der Waals surface area contributed by atoms with E-state index in [1.165, 1.54) is 6.08 Å². The Morgan fingerprint density at radius 3 is 3.00 bits per heavy atom. The lowest BCUT2D eigenvalue weighted by atomic mass is 10.2. The van der Waals surface area contributed by atoms with E-state index in [1.54, 1.807) is 18.2 Å². The molecular formula is C14H16N2O2. The third-order valence-corrected chi connectivity index (χ3v) is 2.45. The lowest BCUT2D eigenvalue weighted by molar-refractivity contribution is -0.132. The molecule has 4 nitrogen and oxygen atoms in total. The zero-order valence-corrected chi connectivity index (χ0v) is 10.3. The molecule has 1 aromatic rings. The highest BCUT2D eigenvalue weighted by Crippen LogP contribution is 2.06. The molecule has 0 aliphatic rings. The highest BCUT2D eigenvalue weighted by molar-refractivity contribution is 5.91. The lowest BCUT2D eigenvalue weighted by Crippen LogP contribution is -1.96. The molecule has 1 rings (SSSR count). The maximum absolute atomic E-state index is 10.6. The molecule has 0 spiro atoms. The molecule has 0 aliphatic heterocycles. The summed E-state index contributed by atoms with van der Waals surface area (Å²) in [5.41, 5.74) is 0.724. The zero-order valence-electron chi connectivity index (χ0n) is 10.3. The molecular weight excluding hydrogens is 228 g/mol. The van der Waals surface area contributed by atoms with E-state index >= 15 is 0 Å². The second-order valence-electron chi connectivity index (χ2n) is 3.89. The summed E-state index contributed by atoms with van der Waals surface area (Å²) >= 11 is 0. The number of unbranched alkanes of at least 4 members (excludes halogenated alkanes) is 1. The zero-order chi connectivity index (χ0) is 13.4. The second-order valence-corrected chi connectivity index (χ2v) is 3.89. The first kappa shape index (κ1) is 13.8. The number of carboxylic acid groups (broad SMARTS) is 1. The molecule has 1 aromatic heterocycles. The van der Waals surface area contributed by atoms with Crippen LogP contribution in [0.1, 0.15) is 25.3 Å². The number of aromatic nitrogens is 1. The van der Waals surface area contributed by atoms with Crippen molar-refractivity contribution in [1.29, 1.82) is 5.26 Å². The Bertz CT molecular complexity index is 504. The highest BCUT2D eigenvalue weighted by Gasteiger charge is 2.02. The van der Waals surface area contributed by atoms with Gasteiger partial charge < -0.3 is 9.67 Å². The van der Waals surface area contributed by atoms with Crippen molar-refractivity contribution in [2.75, 3.05) is 0 Å². The predicted octanol–water partition coefficient (Wildman–Crippen LogP) is 2.84. The van der Waals surface area contributed by atoms with Gasteiger partial charge in [0.05, 0.1) is 0 Å². The van der Waals surface area contributed by atoms with E-state index in [-0.39, 0.29) is 5.57 Å². The Morgan fingerprint density at radius 2 is 2.39 bits per heavy atom. The Balaban J connectivity index is 2.65. The fourth-order valence-corrected chi connectivity index (χ4v) is 1.45. The molecule has 0 saturated carbocycles. The van der Waals surface area contributed by atoms with Crippen molar-refractivity contribution in [3.05, 3.63) is 41.7 Å². The van der Waals surface area contributed by atoms with Gasteiger partial charge in [0.15, 0.2) is 0 Å². The summed E-state index contributed by atoms with van der Waals surface area (Å²) in [6, 6.07) is 3.58. The fourth-order valence-electron chi connectivity index (χ4n) is 1.45. The number of carbonyl (C=O) groups is 1. The summed E-state index contributed by atoms with van der Waals surface area (Å²) in [6.45, 7) is 3.13. The van der Waals surface area contributed by atoms with Gasteiger partial charge in [-0.25, -0.2) is 4.79 Å². The van der Waals surface area contributed by atoms with Gasteiger partial charge in [-0.15, -0.1) is 0 Å². The fraction of sp³-hybridized carbons (Fsp3) is 0.286. The van der Waals surface area contributed by atoms with Crippen molar-refractivity contribution in [2.45, 2.75) is 26.3 Å². The minimum atomic E-state index is -1.21. The molecule has 18 heavy (non-hydrogen) atoms. The molecule has 0 fully saturated rings. The van der Waals surface area contributed by atoms with E-state index in [0.29, 0.717) is 0 Å². The average molecular weight is 244 g/mol. The molecule has 1 heterocycles. The van der Waals surface area contributed by atoms with Gasteiger partial charge in [0.1, 0.15) is 11.6 Å². The Labute approximate surface area is 106 Å². The number of hydrogen-bond donors (Lipinski definition) is 1. The van der Waals surface area contributed by atoms with Crippen molar-refractivity contribution < 1.29 is 9.90 Å². The van der Waals surface area contributed by atoms with Crippen LogP contribution in [-0.4, -0.2) is 15.6 Å². The predicted molar refractivity (Wildman–Crippen MR) is 69.7 cm³/mol. The van der Waals surface area contributed by atoms with Crippen molar-refractivity contribution in [3.8, 4) is 6.07 Å². The highest BCUT2D eigenvalue weighted by atomic mass is 16.4. The van der Waals surface area contributed by atoms with Gasteiger partial charge in [-0.1, -0.05) is 25.5 Å². The molecule has 0 atom stereocenters. The van der Waals surface area contributed by atoms with Crippen LogP contribution in [0.15, 0.2) is 36.2 Å². The summed E-state index contributed by atoms with van der Waals surface area (Å²) < 4.78 is 2.09. The SMILES string of the molecule is CCCCn1ccc(C=CC=C(C#N)C(=O)O)c1.